The molecule has 1 amide bonds. The lowest BCUT2D eigenvalue weighted by Crippen LogP contribution is -2.31. The van der Waals surface area contributed by atoms with Crippen molar-refractivity contribution in [3.63, 3.8) is 0 Å². The summed E-state index contributed by atoms with van der Waals surface area (Å²) in [4.78, 5) is 12.0. The second-order valence-electron chi connectivity index (χ2n) is 4.58. The molecule has 18 heavy (non-hydrogen) atoms. The molecule has 0 aliphatic carbocycles. The minimum Gasteiger partial charge on any atom is -0.376 e. The van der Waals surface area contributed by atoms with Crippen molar-refractivity contribution in [3.8, 4) is 0 Å². The minimum atomic E-state index is -0.0376. The van der Waals surface area contributed by atoms with Crippen LogP contribution in [0, 0.1) is 0 Å². The van der Waals surface area contributed by atoms with Crippen LogP contribution in [0.1, 0.15) is 28.8 Å². The van der Waals surface area contributed by atoms with E-state index in [1.807, 2.05) is 24.3 Å². The van der Waals surface area contributed by atoms with Gasteiger partial charge in [-0.15, -0.1) is 0 Å². The second kappa shape index (κ2) is 6.52. The molecule has 0 radical (unpaired) electrons. The molecule has 1 fully saturated rings. The van der Waals surface area contributed by atoms with Gasteiger partial charge in [-0.1, -0.05) is 12.1 Å². The third-order valence-corrected chi connectivity index (χ3v) is 3.14. The van der Waals surface area contributed by atoms with E-state index in [0.717, 1.165) is 31.4 Å². The standard InChI is InChI=1S/C14H20N2O2/c15-7-6-11-3-1-4-12(9-11)14(17)16-10-13-5-2-8-18-13/h1,3-4,9,13H,2,5-8,10,15H2,(H,16,17). The van der Waals surface area contributed by atoms with E-state index in [-0.39, 0.29) is 12.0 Å². The number of hydrogen-bond donors (Lipinski definition) is 2. The Kier molecular flexibility index (Phi) is 4.73. The first-order valence-electron chi connectivity index (χ1n) is 6.48. The van der Waals surface area contributed by atoms with Gasteiger partial charge in [-0.25, -0.2) is 0 Å². The zero-order chi connectivity index (χ0) is 12.8. The first-order chi connectivity index (χ1) is 8.79. The van der Waals surface area contributed by atoms with E-state index in [0.29, 0.717) is 18.7 Å². The van der Waals surface area contributed by atoms with Gasteiger partial charge >= 0.3 is 0 Å². The Labute approximate surface area is 108 Å². The number of nitrogens with one attached hydrogen (secondary N) is 1. The maximum absolute atomic E-state index is 12.0. The molecule has 1 heterocycles. The van der Waals surface area contributed by atoms with E-state index >= 15 is 0 Å². The van der Waals surface area contributed by atoms with Crippen LogP contribution in [0.3, 0.4) is 0 Å². The lowest BCUT2D eigenvalue weighted by molar-refractivity contribution is 0.0857. The molecule has 1 saturated heterocycles. The fourth-order valence-corrected chi connectivity index (χ4v) is 2.15. The van der Waals surface area contributed by atoms with Gasteiger partial charge in [0.15, 0.2) is 0 Å². The van der Waals surface area contributed by atoms with Crippen molar-refractivity contribution in [1.82, 2.24) is 5.32 Å². The normalized spacial score (nSPS) is 18.8. The summed E-state index contributed by atoms with van der Waals surface area (Å²) >= 11 is 0. The summed E-state index contributed by atoms with van der Waals surface area (Å²) in [7, 11) is 0. The Bertz CT molecular complexity index is 401. The predicted molar refractivity (Wildman–Crippen MR) is 70.5 cm³/mol. The van der Waals surface area contributed by atoms with E-state index in [1.165, 1.54) is 0 Å². The second-order valence-corrected chi connectivity index (χ2v) is 4.58. The van der Waals surface area contributed by atoms with Gasteiger partial charge in [-0.3, -0.25) is 4.79 Å². The Morgan fingerprint density at radius 3 is 3.11 bits per heavy atom. The third kappa shape index (κ3) is 3.55. The van der Waals surface area contributed by atoms with Crippen LogP contribution in [-0.4, -0.2) is 31.7 Å². The minimum absolute atomic E-state index is 0.0376. The number of rotatable bonds is 5. The van der Waals surface area contributed by atoms with Crippen molar-refractivity contribution in [2.75, 3.05) is 19.7 Å². The van der Waals surface area contributed by atoms with Gasteiger partial charge in [0.1, 0.15) is 0 Å². The molecular formula is C14H20N2O2. The van der Waals surface area contributed by atoms with Gasteiger partial charge < -0.3 is 15.8 Å². The van der Waals surface area contributed by atoms with Crippen LogP contribution >= 0.6 is 0 Å². The quantitative estimate of drug-likeness (QED) is 0.820. The molecule has 0 spiro atoms. The summed E-state index contributed by atoms with van der Waals surface area (Å²) in [5, 5.41) is 2.92. The average molecular weight is 248 g/mol. The summed E-state index contributed by atoms with van der Waals surface area (Å²) in [6, 6.07) is 7.61. The summed E-state index contributed by atoms with van der Waals surface area (Å²) in [5.41, 5.74) is 7.30. The fraction of sp³-hybridized carbons (Fsp3) is 0.500. The Morgan fingerprint density at radius 1 is 1.50 bits per heavy atom. The van der Waals surface area contributed by atoms with Crippen LogP contribution in [0.2, 0.25) is 0 Å². The summed E-state index contributed by atoms with van der Waals surface area (Å²) in [6.07, 6.45) is 3.11. The van der Waals surface area contributed by atoms with Crippen molar-refractivity contribution in [2.45, 2.75) is 25.4 Å². The number of ether oxygens (including phenoxy) is 1. The monoisotopic (exact) mass is 248 g/mol. The first-order valence-corrected chi connectivity index (χ1v) is 6.48. The van der Waals surface area contributed by atoms with Crippen LogP contribution < -0.4 is 11.1 Å². The smallest absolute Gasteiger partial charge is 0.251 e. The Balaban J connectivity index is 1.89. The van der Waals surface area contributed by atoms with Crippen LogP contribution in [0.4, 0.5) is 0 Å². The summed E-state index contributed by atoms with van der Waals surface area (Å²) in [5.74, 6) is -0.0376. The van der Waals surface area contributed by atoms with Crippen molar-refractivity contribution >= 4 is 5.91 Å². The Hall–Kier alpha value is -1.39. The molecule has 1 aromatic carbocycles. The predicted octanol–water partition coefficient (Wildman–Crippen LogP) is 1.10. The van der Waals surface area contributed by atoms with Crippen LogP contribution in [0.15, 0.2) is 24.3 Å². The van der Waals surface area contributed by atoms with Crippen molar-refractivity contribution < 1.29 is 9.53 Å². The Morgan fingerprint density at radius 2 is 2.39 bits per heavy atom. The number of nitrogens with two attached hydrogens (primary N) is 1. The lowest BCUT2D eigenvalue weighted by Gasteiger charge is -2.11. The third-order valence-electron chi connectivity index (χ3n) is 3.14. The lowest BCUT2D eigenvalue weighted by atomic mass is 10.1. The van der Waals surface area contributed by atoms with Gasteiger partial charge in [-0.05, 0) is 43.5 Å². The van der Waals surface area contributed by atoms with Gasteiger partial charge in [0.2, 0.25) is 0 Å². The van der Waals surface area contributed by atoms with E-state index < -0.39 is 0 Å². The molecule has 2 rings (SSSR count). The molecule has 0 bridgehead atoms. The summed E-state index contributed by atoms with van der Waals surface area (Å²) < 4.78 is 5.47. The molecule has 1 aliphatic rings. The maximum atomic E-state index is 12.0. The topological polar surface area (TPSA) is 64.4 Å². The molecule has 4 nitrogen and oxygen atoms in total. The highest BCUT2D eigenvalue weighted by molar-refractivity contribution is 5.94. The molecule has 0 aromatic heterocycles. The molecule has 1 unspecified atom stereocenters. The molecule has 98 valence electrons. The highest BCUT2D eigenvalue weighted by Gasteiger charge is 2.16. The molecule has 0 saturated carbocycles. The molecule has 1 aliphatic heterocycles. The molecule has 1 aromatic rings. The SMILES string of the molecule is NCCc1cccc(C(=O)NCC2CCCO2)c1. The van der Waals surface area contributed by atoms with Crippen molar-refractivity contribution in [3.05, 3.63) is 35.4 Å². The van der Waals surface area contributed by atoms with Crippen LogP contribution in [0.5, 0.6) is 0 Å². The molecule has 1 atom stereocenters. The largest absolute Gasteiger partial charge is 0.376 e. The van der Waals surface area contributed by atoms with Crippen LogP contribution in [-0.2, 0) is 11.2 Å². The number of benzene rings is 1. The zero-order valence-corrected chi connectivity index (χ0v) is 10.5. The average Bonchev–Trinajstić information content (AvgIpc) is 2.90. The fourth-order valence-electron chi connectivity index (χ4n) is 2.15. The van der Waals surface area contributed by atoms with Gasteiger partial charge in [0, 0.05) is 18.7 Å². The van der Waals surface area contributed by atoms with Gasteiger partial charge in [0.25, 0.3) is 5.91 Å². The highest BCUT2D eigenvalue weighted by atomic mass is 16.5. The number of hydrogen-bond acceptors (Lipinski definition) is 3. The van der Waals surface area contributed by atoms with Crippen LogP contribution in [0.25, 0.3) is 0 Å². The van der Waals surface area contributed by atoms with Gasteiger partial charge in [0.05, 0.1) is 6.10 Å². The number of carbonyl (C=O) groups is 1. The van der Waals surface area contributed by atoms with E-state index in [9.17, 15) is 4.79 Å². The van der Waals surface area contributed by atoms with E-state index in [1.54, 1.807) is 0 Å². The van der Waals surface area contributed by atoms with Gasteiger partial charge in [-0.2, -0.15) is 0 Å². The summed E-state index contributed by atoms with van der Waals surface area (Å²) in [6.45, 7) is 2.01. The zero-order valence-electron chi connectivity index (χ0n) is 10.5. The highest BCUT2D eigenvalue weighted by Crippen LogP contribution is 2.11. The maximum Gasteiger partial charge on any atom is 0.251 e. The van der Waals surface area contributed by atoms with Crippen molar-refractivity contribution in [2.24, 2.45) is 5.73 Å². The molecule has 4 heteroatoms. The molecular weight excluding hydrogens is 228 g/mol. The number of carbonyl (C=O) groups excluding carboxylic acids is 1. The first kappa shape index (κ1) is 13.1. The number of amides is 1. The van der Waals surface area contributed by atoms with E-state index in [4.69, 9.17) is 10.5 Å². The molecule has 3 N–H and O–H groups in total. The van der Waals surface area contributed by atoms with E-state index in [2.05, 4.69) is 5.32 Å². The van der Waals surface area contributed by atoms with Crippen molar-refractivity contribution in [1.29, 1.82) is 0 Å².